The molecule has 1 N–H and O–H groups in total. The van der Waals surface area contributed by atoms with E-state index in [0.29, 0.717) is 0 Å². The van der Waals surface area contributed by atoms with Gasteiger partial charge in [0.2, 0.25) is 5.91 Å². The van der Waals surface area contributed by atoms with Gasteiger partial charge in [-0.25, -0.2) is 0 Å². The SMILES string of the molecule is CCCCCCCCCCOC(CC)(Nc1ccccc1)OCCCCCCCCCC. The van der Waals surface area contributed by atoms with E-state index in [-0.39, 0.29) is 0 Å². The second-order valence-electron chi connectivity index (χ2n) is 9.24. The second kappa shape index (κ2) is 20.5. The summed E-state index contributed by atoms with van der Waals surface area (Å²) in [5.41, 5.74) is 1.06. The normalized spacial score (nSPS) is 11.7. The van der Waals surface area contributed by atoms with Crippen LogP contribution < -0.4 is 5.32 Å². The summed E-state index contributed by atoms with van der Waals surface area (Å²) in [7, 11) is 0. The zero-order chi connectivity index (χ0) is 23.2. The van der Waals surface area contributed by atoms with E-state index in [9.17, 15) is 0 Å². The summed E-state index contributed by atoms with van der Waals surface area (Å²) in [4.78, 5) is 0. The molecule has 0 aliphatic heterocycles. The van der Waals surface area contributed by atoms with Gasteiger partial charge in [0, 0.05) is 12.1 Å². The topological polar surface area (TPSA) is 30.5 Å². The van der Waals surface area contributed by atoms with Gasteiger partial charge in [0.05, 0.1) is 13.2 Å². The van der Waals surface area contributed by atoms with Crippen LogP contribution in [0.1, 0.15) is 130 Å². The minimum Gasteiger partial charge on any atom is -0.335 e. The number of benzene rings is 1. The first-order valence-electron chi connectivity index (χ1n) is 13.9. The zero-order valence-electron chi connectivity index (χ0n) is 21.6. The van der Waals surface area contributed by atoms with Crippen molar-refractivity contribution in [2.75, 3.05) is 18.5 Å². The van der Waals surface area contributed by atoms with E-state index in [1.807, 2.05) is 6.07 Å². The van der Waals surface area contributed by atoms with Crippen molar-refractivity contribution in [3.05, 3.63) is 30.3 Å². The van der Waals surface area contributed by atoms with Gasteiger partial charge in [-0.05, 0) is 25.0 Å². The average Bonchev–Trinajstić information content (AvgIpc) is 2.82. The predicted octanol–water partition coefficient (Wildman–Crippen LogP) is 9.48. The lowest BCUT2D eigenvalue weighted by Gasteiger charge is -2.34. The van der Waals surface area contributed by atoms with Crippen LogP contribution in [0.5, 0.6) is 0 Å². The minimum absolute atomic E-state index is 0.719. The molecule has 1 aromatic rings. The van der Waals surface area contributed by atoms with Crippen molar-refractivity contribution in [3.8, 4) is 0 Å². The molecule has 0 saturated carbocycles. The molecular formula is C29H53NO2. The van der Waals surface area contributed by atoms with Crippen molar-refractivity contribution in [1.29, 1.82) is 0 Å². The molecule has 0 amide bonds. The van der Waals surface area contributed by atoms with E-state index in [1.54, 1.807) is 0 Å². The predicted molar refractivity (Wildman–Crippen MR) is 140 cm³/mol. The highest BCUT2D eigenvalue weighted by Crippen LogP contribution is 2.23. The quantitative estimate of drug-likeness (QED) is 0.134. The molecule has 0 aromatic heterocycles. The summed E-state index contributed by atoms with van der Waals surface area (Å²) >= 11 is 0. The first-order valence-corrected chi connectivity index (χ1v) is 13.9. The third-order valence-corrected chi connectivity index (χ3v) is 6.24. The van der Waals surface area contributed by atoms with E-state index in [1.165, 1.54) is 89.9 Å². The molecule has 0 bridgehead atoms. The summed E-state index contributed by atoms with van der Waals surface area (Å²) < 4.78 is 12.7. The molecule has 3 heteroatoms. The van der Waals surface area contributed by atoms with Crippen molar-refractivity contribution in [2.24, 2.45) is 0 Å². The van der Waals surface area contributed by atoms with Gasteiger partial charge in [0.25, 0.3) is 0 Å². The Morgan fingerprint density at radius 3 is 1.38 bits per heavy atom. The molecule has 3 nitrogen and oxygen atoms in total. The standard InChI is InChI=1S/C29H53NO2/c1-4-7-9-11-13-15-17-22-26-31-29(6-3,30-28-24-20-19-21-25-28)32-27-23-18-16-14-12-10-8-5-2/h19-21,24-25,30H,4-18,22-23,26-27H2,1-3H3. The van der Waals surface area contributed by atoms with Gasteiger partial charge < -0.3 is 14.8 Å². The summed E-state index contributed by atoms with van der Waals surface area (Å²) in [5.74, 6) is -0.719. The summed E-state index contributed by atoms with van der Waals surface area (Å²) in [6.07, 6.45) is 21.8. The zero-order valence-corrected chi connectivity index (χ0v) is 21.6. The largest absolute Gasteiger partial charge is 0.335 e. The number of hydrogen-bond donors (Lipinski definition) is 1. The maximum atomic E-state index is 6.37. The van der Waals surface area contributed by atoms with Crippen LogP contribution in [0.2, 0.25) is 0 Å². The first-order chi connectivity index (χ1) is 15.8. The van der Waals surface area contributed by atoms with Crippen LogP contribution in [0.3, 0.4) is 0 Å². The Labute approximate surface area is 200 Å². The summed E-state index contributed by atoms with van der Waals surface area (Å²) in [6, 6.07) is 10.3. The third kappa shape index (κ3) is 14.9. The summed E-state index contributed by atoms with van der Waals surface area (Å²) in [6.45, 7) is 8.20. The molecule has 1 rings (SSSR count). The monoisotopic (exact) mass is 447 g/mol. The summed E-state index contributed by atoms with van der Waals surface area (Å²) in [5, 5.41) is 3.55. The number of unbranched alkanes of at least 4 members (excludes halogenated alkanes) is 14. The van der Waals surface area contributed by atoms with E-state index in [2.05, 4.69) is 50.4 Å². The van der Waals surface area contributed by atoms with Gasteiger partial charge in [-0.2, -0.15) is 0 Å². The van der Waals surface area contributed by atoms with Crippen molar-refractivity contribution >= 4 is 5.69 Å². The molecule has 0 fully saturated rings. The fourth-order valence-corrected chi connectivity index (χ4v) is 4.09. The highest BCUT2D eigenvalue weighted by atomic mass is 16.7. The van der Waals surface area contributed by atoms with Gasteiger partial charge in [0.1, 0.15) is 0 Å². The van der Waals surface area contributed by atoms with E-state index < -0.39 is 5.91 Å². The number of anilines is 1. The van der Waals surface area contributed by atoms with Gasteiger partial charge in [-0.3, -0.25) is 0 Å². The number of hydrogen-bond acceptors (Lipinski definition) is 3. The molecular weight excluding hydrogens is 394 g/mol. The van der Waals surface area contributed by atoms with Crippen molar-refractivity contribution < 1.29 is 9.47 Å². The molecule has 1 aromatic carbocycles. The number of rotatable bonds is 23. The first kappa shape index (κ1) is 29.0. The van der Waals surface area contributed by atoms with Gasteiger partial charge in [-0.15, -0.1) is 0 Å². The van der Waals surface area contributed by atoms with Crippen LogP contribution in [-0.4, -0.2) is 19.1 Å². The number of para-hydroxylation sites is 1. The Kier molecular flexibility index (Phi) is 18.6. The Hall–Kier alpha value is -1.06. The lowest BCUT2D eigenvalue weighted by molar-refractivity contribution is -0.220. The maximum Gasteiger partial charge on any atom is 0.248 e. The Balaban J connectivity index is 2.35. The molecule has 0 unspecified atom stereocenters. The fraction of sp³-hybridized carbons (Fsp3) is 0.793. The second-order valence-corrected chi connectivity index (χ2v) is 9.24. The molecule has 0 heterocycles. The molecule has 0 atom stereocenters. The minimum atomic E-state index is -0.719. The van der Waals surface area contributed by atoms with Crippen molar-refractivity contribution in [3.63, 3.8) is 0 Å². The smallest absolute Gasteiger partial charge is 0.248 e. The van der Waals surface area contributed by atoms with Crippen molar-refractivity contribution in [2.45, 2.75) is 136 Å². The molecule has 0 spiro atoms. The molecule has 0 aliphatic carbocycles. The van der Waals surface area contributed by atoms with Crippen molar-refractivity contribution in [1.82, 2.24) is 0 Å². The lowest BCUT2D eigenvalue weighted by atomic mass is 10.1. The Bertz CT molecular complexity index is 483. The van der Waals surface area contributed by atoms with Crippen LogP contribution in [0, 0.1) is 0 Å². The Morgan fingerprint density at radius 1 is 0.562 bits per heavy atom. The van der Waals surface area contributed by atoms with Gasteiger partial charge in [0.15, 0.2) is 0 Å². The van der Waals surface area contributed by atoms with E-state index in [4.69, 9.17) is 9.47 Å². The Morgan fingerprint density at radius 2 is 0.969 bits per heavy atom. The van der Waals surface area contributed by atoms with Crippen LogP contribution in [-0.2, 0) is 9.47 Å². The number of nitrogens with one attached hydrogen (secondary N) is 1. The van der Waals surface area contributed by atoms with E-state index in [0.717, 1.165) is 38.2 Å². The van der Waals surface area contributed by atoms with Crippen LogP contribution in [0.15, 0.2) is 30.3 Å². The van der Waals surface area contributed by atoms with Gasteiger partial charge in [-0.1, -0.05) is 129 Å². The van der Waals surface area contributed by atoms with E-state index >= 15 is 0 Å². The van der Waals surface area contributed by atoms with Crippen LogP contribution in [0.25, 0.3) is 0 Å². The molecule has 0 radical (unpaired) electrons. The van der Waals surface area contributed by atoms with Crippen LogP contribution in [0.4, 0.5) is 5.69 Å². The molecule has 0 aliphatic rings. The van der Waals surface area contributed by atoms with Gasteiger partial charge >= 0.3 is 0 Å². The average molecular weight is 448 g/mol. The fourth-order valence-electron chi connectivity index (χ4n) is 4.09. The lowest BCUT2D eigenvalue weighted by Crippen LogP contribution is -2.44. The molecule has 32 heavy (non-hydrogen) atoms. The molecule has 186 valence electrons. The highest BCUT2D eigenvalue weighted by Gasteiger charge is 2.30. The van der Waals surface area contributed by atoms with Crippen LogP contribution >= 0.6 is 0 Å². The number of ether oxygens (including phenoxy) is 2. The highest BCUT2D eigenvalue weighted by molar-refractivity contribution is 5.43. The third-order valence-electron chi connectivity index (χ3n) is 6.24. The maximum absolute atomic E-state index is 6.37. The molecule has 0 saturated heterocycles.